The third-order valence-corrected chi connectivity index (χ3v) is 4.79. The summed E-state index contributed by atoms with van der Waals surface area (Å²) in [5.74, 6) is -0.00984. The van der Waals surface area contributed by atoms with Crippen molar-refractivity contribution in [2.24, 2.45) is 0 Å². The van der Waals surface area contributed by atoms with Crippen LogP contribution in [0.4, 0.5) is 0 Å². The number of imidazole rings is 1. The molecule has 1 saturated heterocycles. The highest BCUT2D eigenvalue weighted by atomic mass is 16.1. The molecular formula is C19H28N4O. The Morgan fingerprint density at radius 3 is 2.83 bits per heavy atom. The maximum absolute atomic E-state index is 12.6. The summed E-state index contributed by atoms with van der Waals surface area (Å²) in [5.41, 5.74) is 3.57. The molecule has 1 fully saturated rings. The van der Waals surface area contributed by atoms with Gasteiger partial charge in [0.25, 0.3) is 5.91 Å². The van der Waals surface area contributed by atoms with Crippen LogP contribution in [0.5, 0.6) is 0 Å². The van der Waals surface area contributed by atoms with Crippen molar-refractivity contribution in [1.82, 2.24) is 19.6 Å². The van der Waals surface area contributed by atoms with Crippen LogP contribution in [0.3, 0.4) is 0 Å². The molecule has 3 heterocycles. The summed E-state index contributed by atoms with van der Waals surface area (Å²) in [6.45, 7) is 8.46. The molecule has 3 rings (SSSR count). The maximum atomic E-state index is 12.6. The van der Waals surface area contributed by atoms with E-state index in [1.807, 2.05) is 36.6 Å². The van der Waals surface area contributed by atoms with Gasteiger partial charge in [-0.15, -0.1) is 0 Å². The highest BCUT2D eigenvalue weighted by Crippen LogP contribution is 2.15. The third-order valence-electron chi connectivity index (χ3n) is 4.79. The Labute approximate surface area is 144 Å². The van der Waals surface area contributed by atoms with Gasteiger partial charge >= 0.3 is 0 Å². The number of hydrogen-bond acceptors (Lipinski definition) is 3. The second-order valence-corrected chi connectivity index (χ2v) is 6.70. The zero-order valence-corrected chi connectivity index (χ0v) is 14.8. The number of carbonyl (C=O) groups is 1. The molecule has 2 aromatic heterocycles. The van der Waals surface area contributed by atoms with Crippen LogP contribution >= 0.6 is 0 Å². The Morgan fingerprint density at radius 1 is 1.29 bits per heavy atom. The van der Waals surface area contributed by atoms with Crippen LogP contribution in [0.1, 0.15) is 54.4 Å². The molecule has 0 aliphatic carbocycles. The molecule has 1 aliphatic rings. The zero-order valence-electron chi connectivity index (χ0n) is 14.8. The van der Waals surface area contributed by atoms with Gasteiger partial charge in [0.1, 0.15) is 11.3 Å². The van der Waals surface area contributed by atoms with Gasteiger partial charge in [-0.2, -0.15) is 0 Å². The zero-order chi connectivity index (χ0) is 16.9. The number of nitrogens with zero attached hydrogens (tertiary/aromatic N) is 3. The molecule has 24 heavy (non-hydrogen) atoms. The molecule has 0 unspecified atom stereocenters. The lowest BCUT2D eigenvalue weighted by Gasteiger charge is -2.14. The number of carbonyl (C=O) groups excluding carboxylic acids is 1. The first-order valence-electron chi connectivity index (χ1n) is 9.17. The normalized spacial score (nSPS) is 15.2. The fourth-order valence-electron chi connectivity index (χ4n) is 3.43. The van der Waals surface area contributed by atoms with E-state index in [1.54, 1.807) is 0 Å². The van der Waals surface area contributed by atoms with Crippen LogP contribution in [0.15, 0.2) is 18.3 Å². The minimum atomic E-state index is -0.00984. The van der Waals surface area contributed by atoms with E-state index in [2.05, 4.69) is 15.2 Å². The number of nitrogens with one attached hydrogen (secondary N) is 1. The van der Waals surface area contributed by atoms with Gasteiger partial charge in [0.15, 0.2) is 0 Å². The van der Waals surface area contributed by atoms with Gasteiger partial charge in [-0.05, 0) is 76.4 Å². The van der Waals surface area contributed by atoms with Crippen LogP contribution in [-0.2, 0) is 6.42 Å². The Kier molecular flexibility index (Phi) is 5.51. The standard InChI is InChI=1S/C19H28N4O/c1-3-16-18(23-13-8-15(2)14-17(23)21-16)19(24)20-9-4-5-10-22-11-6-7-12-22/h8,13-14H,3-7,9-12H2,1-2H3,(H,20,24). The highest BCUT2D eigenvalue weighted by molar-refractivity contribution is 5.94. The van der Waals surface area contributed by atoms with E-state index in [9.17, 15) is 4.79 Å². The fourth-order valence-corrected chi connectivity index (χ4v) is 3.43. The number of amides is 1. The number of aromatic nitrogens is 2. The van der Waals surface area contributed by atoms with E-state index in [1.165, 1.54) is 25.9 Å². The van der Waals surface area contributed by atoms with E-state index in [4.69, 9.17) is 0 Å². The molecule has 0 atom stereocenters. The Hall–Kier alpha value is -1.88. The average Bonchev–Trinajstić information content (AvgIpc) is 3.20. The van der Waals surface area contributed by atoms with E-state index in [-0.39, 0.29) is 5.91 Å². The van der Waals surface area contributed by atoms with E-state index in [0.717, 1.165) is 49.3 Å². The van der Waals surface area contributed by atoms with Crippen LogP contribution in [0, 0.1) is 6.92 Å². The molecule has 2 aromatic rings. The molecule has 0 spiro atoms. The summed E-state index contributed by atoms with van der Waals surface area (Å²) in [7, 11) is 0. The van der Waals surface area contributed by atoms with Gasteiger partial charge in [0, 0.05) is 12.7 Å². The average molecular weight is 328 g/mol. The molecule has 5 heteroatoms. The van der Waals surface area contributed by atoms with Crippen molar-refractivity contribution in [1.29, 1.82) is 0 Å². The molecule has 0 saturated carbocycles. The van der Waals surface area contributed by atoms with Gasteiger partial charge in [-0.1, -0.05) is 6.92 Å². The SMILES string of the molecule is CCc1nc2cc(C)ccn2c1C(=O)NCCCCN1CCCC1. The lowest BCUT2D eigenvalue weighted by molar-refractivity contribution is 0.0946. The van der Waals surface area contributed by atoms with Gasteiger partial charge in [0.05, 0.1) is 5.69 Å². The predicted molar refractivity (Wildman–Crippen MR) is 96.5 cm³/mol. The highest BCUT2D eigenvalue weighted by Gasteiger charge is 2.18. The summed E-state index contributed by atoms with van der Waals surface area (Å²) in [6, 6.07) is 4.03. The van der Waals surface area contributed by atoms with E-state index in [0.29, 0.717) is 5.69 Å². The predicted octanol–water partition coefficient (Wildman–Crippen LogP) is 2.81. The summed E-state index contributed by atoms with van der Waals surface area (Å²) < 4.78 is 1.91. The van der Waals surface area contributed by atoms with Crippen molar-refractivity contribution >= 4 is 11.6 Å². The number of hydrogen-bond donors (Lipinski definition) is 1. The van der Waals surface area contributed by atoms with Crippen molar-refractivity contribution < 1.29 is 4.79 Å². The summed E-state index contributed by atoms with van der Waals surface area (Å²) in [4.78, 5) is 19.7. The number of pyridine rings is 1. The molecule has 1 amide bonds. The molecule has 1 N–H and O–H groups in total. The molecule has 5 nitrogen and oxygen atoms in total. The van der Waals surface area contributed by atoms with Gasteiger partial charge in [-0.3, -0.25) is 9.20 Å². The summed E-state index contributed by atoms with van der Waals surface area (Å²) in [5, 5.41) is 3.07. The number of unbranched alkanes of at least 4 members (excludes halogenated alkanes) is 1. The van der Waals surface area contributed by atoms with Crippen LogP contribution in [-0.4, -0.2) is 46.4 Å². The van der Waals surface area contributed by atoms with Crippen molar-refractivity contribution in [2.45, 2.75) is 46.0 Å². The molecule has 0 radical (unpaired) electrons. The van der Waals surface area contributed by atoms with Crippen LogP contribution in [0.25, 0.3) is 5.65 Å². The topological polar surface area (TPSA) is 49.6 Å². The maximum Gasteiger partial charge on any atom is 0.270 e. The molecule has 130 valence electrons. The Bertz CT molecular complexity index is 701. The molecule has 0 bridgehead atoms. The molecule has 1 aliphatic heterocycles. The smallest absolute Gasteiger partial charge is 0.270 e. The van der Waals surface area contributed by atoms with Crippen molar-refractivity contribution in [2.75, 3.05) is 26.2 Å². The summed E-state index contributed by atoms with van der Waals surface area (Å²) in [6.07, 6.45) is 7.55. The minimum absolute atomic E-state index is 0.00984. The first-order chi connectivity index (χ1) is 11.7. The number of fused-ring (bicyclic) bond motifs is 1. The number of likely N-dealkylation sites (tertiary alicyclic amines) is 1. The Balaban J connectivity index is 1.57. The molecular weight excluding hydrogens is 300 g/mol. The largest absolute Gasteiger partial charge is 0.351 e. The van der Waals surface area contributed by atoms with Crippen LogP contribution < -0.4 is 5.32 Å². The van der Waals surface area contributed by atoms with Gasteiger partial charge in [-0.25, -0.2) is 4.98 Å². The van der Waals surface area contributed by atoms with E-state index >= 15 is 0 Å². The van der Waals surface area contributed by atoms with Gasteiger partial charge in [0.2, 0.25) is 0 Å². The lowest BCUT2D eigenvalue weighted by atomic mass is 10.2. The van der Waals surface area contributed by atoms with Crippen molar-refractivity contribution in [3.8, 4) is 0 Å². The van der Waals surface area contributed by atoms with E-state index < -0.39 is 0 Å². The summed E-state index contributed by atoms with van der Waals surface area (Å²) >= 11 is 0. The quantitative estimate of drug-likeness (QED) is 0.795. The first-order valence-corrected chi connectivity index (χ1v) is 9.17. The third kappa shape index (κ3) is 3.78. The second-order valence-electron chi connectivity index (χ2n) is 6.70. The first kappa shape index (κ1) is 17.0. The van der Waals surface area contributed by atoms with Crippen molar-refractivity contribution in [3.63, 3.8) is 0 Å². The second kappa shape index (κ2) is 7.79. The molecule has 0 aromatic carbocycles. The Morgan fingerprint density at radius 2 is 2.08 bits per heavy atom. The van der Waals surface area contributed by atoms with Crippen LogP contribution in [0.2, 0.25) is 0 Å². The lowest BCUT2D eigenvalue weighted by Crippen LogP contribution is -2.28. The number of rotatable bonds is 7. The van der Waals surface area contributed by atoms with Gasteiger partial charge < -0.3 is 10.2 Å². The monoisotopic (exact) mass is 328 g/mol. The minimum Gasteiger partial charge on any atom is -0.351 e. The fraction of sp³-hybridized carbons (Fsp3) is 0.579. The van der Waals surface area contributed by atoms with Crippen molar-refractivity contribution in [3.05, 3.63) is 35.3 Å². The number of aryl methyl sites for hydroxylation is 2.